The molecular formula is C31H43FN2O8. The fourth-order valence-corrected chi connectivity index (χ4v) is 4.63. The summed E-state index contributed by atoms with van der Waals surface area (Å²) < 4.78 is 37.7. The van der Waals surface area contributed by atoms with Crippen molar-refractivity contribution in [2.24, 2.45) is 5.41 Å². The maximum Gasteiger partial charge on any atom is 0.411 e. The first-order valence-corrected chi connectivity index (χ1v) is 14.1. The molecule has 1 heterocycles. The van der Waals surface area contributed by atoms with Crippen LogP contribution in [0, 0.1) is 21.3 Å². The molecule has 3 rings (SSSR count). The van der Waals surface area contributed by atoms with Crippen molar-refractivity contribution >= 4 is 6.09 Å². The van der Waals surface area contributed by atoms with Gasteiger partial charge in [0.2, 0.25) is 6.04 Å². The fourth-order valence-electron chi connectivity index (χ4n) is 4.63. The van der Waals surface area contributed by atoms with E-state index in [0.29, 0.717) is 6.61 Å². The molecule has 2 aromatic carbocycles. The van der Waals surface area contributed by atoms with Crippen molar-refractivity contribution in [3.63, 3.8) is 0 Å². The van der Waals surface area contributed by atoms with Gasteiger partial charge < -0.3 is 24.1 Å². The lowest BCUT2D eigenvalue weighted by Gasteiger charge is -2.46. The number of aliphatic hydroxyl groups is 1. The molecule has 0 aromatic heterocycles. The molecule has 10 nitrogen and oxygen atoms in total. The predicted octanol–water partition coefficient (Wildman–Crippen LogP) is 5.37. The van der Waals surface area contributed by atoms with Gasteiger partial charge in [-0.1, -0.05) is 51.1 Å². The zero-order valence-corrected chi connectivity index (χ0v) is 25.4. The number of benzene rings is 2. The Labute approximate surface area is 246 Å². The van der Waals surface area contributed by atoms with Gasteiger partial charge in [-0.05, 0) is 56.4 Å². The Morgan fingerprint density at radius 3 is 2.40 bits per heavy atom. The van der Waals surface area contributed by atoms with Crippen molar-refractivity contribution in [3.05, 3.63) is 75.6 Å². The van der Waals surface area contributed by atoms with Crippen LogP contribution < -0.4 is 4.74 Å². The van der Waals surface area contributed by atoms with Crippen LogP contribution in [-0.2, 0) is 27.2 Å². The van der Waals surface area contributed by atoms with Crippen LogP contribution in [0.3, 0.4) is 0 Å². The Morgan fingerprint density at radius 1 is 1.14 bits per heavy atom. The minimum absolute atomic E-state index is 0.179. The molecule has 0 bridgehead atoms. The fraction of sp³-hybridized carbons (Fsp3) is 0.581. The highest BCUT2D eigenvalue weighted by molar-refractivity contribution is 5.69. The molecule has 11 heteroatoms. The second kappa shape index (κ2) is 13.8. The average molecular weight is 591 g/mol. The topological polar surface area (TPSA) is 121 Å². The maximum atomic E-state index is 14.5. The molecular weight excluding hydrogens is 547 g/mol. The third kappa shape index (κ3) is 9.64. The van der Waals surface area contributed by atoms with E-state index < -0.39 is 53.0 Å². The van der Waals surface area contributed by atoms with Gasteiger partial charge in [-0.3, -0.25) is 15.0 Å². The summed E-state index contributed by atoms with van der Waals surface area (Å²) in [5.41, 5.74) is 0.104. The minimum atomic E-state index is -1.67. The van der Waals surface area contributed by atoms with E-state index in [2.05, 4.69) is 0 Å². The van der Waals surface area contributed by atoms with E-state index in [1.165, 1.54) is 23.1 Å². The number of rotatable bonds is 10. The number of carbonyl (C=O) groups is 1. The number of hydrogen-bond donors (Lipinski definition) is 1. The molecule has 1 saturated heterocycles. The summed E-state index contributed by atoms with van der Waals surface area (Å²) >= 11 is 0. The number of morpholine rings is 1. The normalized spacial score (nSPS) is 21.0. The molecule has 232 valence electrons. The van der Waals surface area contributed by atoms with Crippen molar-refractivity contribution in [3.8, 4) is 5.75 Å². The first kappa shape index (κ1) is 33.2. The standard InChI is InChI=1S/C31H43FN2O8/c1-20-28(41-19-30(2,3)4)40-18-26(33(20)29(36)42-31(5,6)7)27(35)25(34(37)38)15-22-13-23(32)16-24(14-22)39-17-21-11-9-8-10-12-21/h8-14,16,20,25-28,35H,15,17-19H2,1-7H3/t20-,25?,26+,27?,28-/m0/s1. The summed E-state index contributed by atoms with van der Waals surface area (Å²) in [4.78, 5) is 26.3. The van der Waals surface area contributed by atoms with Gasteiger partial charge in [0.15, 0.2) is 6.29 Å². The summed E-state index contributed by atoms with van der Waals surface area (Å²) in [6, 6.07) is 9.74. The third-order valence-corrected chi connectivity index (χ3v) is 6.59. The van der Waals surface area contributed by atoms with Crippen LogP contribution >= 0.6 is 0 Å². The minimum Gasteiger partial charge on any atom is -0.489 e. The molecule has 0 spiro atoms. The third-order valence-electron chi connectivity index (χ3n) is 6.59. The average Bonchev–Trinajstić information content (AvgIpc) is 2.88. The number of carbonyl (C=O) groups excluding carboxylic acids is 1. The molecule has 1 fully saturated rings. The van der Waals surface area contributed by atoms with Crippen molar-refractivity contribution in [2.75, 3.05) is 13.2 Å². The van der Waals surface area contributed by atoms with E-state index in [0.717, 1.165) is 5.56 Å². The van der Waals surface area contributed by atoms with E-state index in [-0.39, 0.29) is 36.4 Å². The summed E-state index contributed by atoms with van der Waals surface area (Å²) in [6.07, 6.45) is -3.57. The van der Waals surface area contributed by atoms with Gasteiger partial charge in [0.1, 0.15) is 29.9 Å². The first-order chi connectivity index (χ1) is 19.5. The Hall–Kier alpha value is -3.28. The molecule has 1 aliphatic rings. The second-order valence-electron chi connectivity index (χ2n) is 12.9. The van der Waals surface area contributed by atoms with Gasteiger partial charge in [0.05, 0.1) is 25.3 Å². The number of aliphatic hydroxyl groups excluding tert-OH is 1. The quantitative estimate of drug-likeness (QED) is 0.290. The summed E-state index contributed by atoms with van der Waals surface area (Å²) in [5, 5.41) is 23.7. The summed E-state index contributed by atoms with van der Waals surface area (Å²) in [5.74, 6) is -0.426. The molecule has 0 radical (unpaired) electrons. The van der Waals surface area contributed by atoms with Crippen LogP contribution in [0.4, 0.5) is 9.18 Å². The highest BCUT2D eigenvalue weighted by atomic mass is 19.1. The predicted molar refractivity (Wildman–Crippen MR) is 154 cm³/mol. The molecule has 5 atom stereocenters. The smallest absolute Gasteiger partial charge is 0.411 e. The van der Waals surface area contributed by atoms with Crippen molar-refractivity contribution in [1.82, 2.24) is 4.90 Å². The summed E-state index contributed by atoms with van der Waals surface area (Å²) in [7, 11) is 0. The highest BCUT2D eigenvalue weighted by Crippen LogP contribution is 2.29. The van der Waals surface area contributed by atoms with Crippen molar-refractivity contribution in [2.45, 2.75) is 97.6 Å². The highest BCUT2D eigenvalue weighted by Gasteiger charge is 2.48. The van der Waals surface area contributed by atoms with E-state index in [9.17, 15) is 24.4 Å². The maximum absolute atomic E-state index is 14.5. The Bertz CT molecular complexity index is 1200. The largest absolute Gasteiger partial charge is 0.489 e. The molecule has 1 amide bonds. The molecule has 1 aliphatic heterocycles. The van der Waals surface area contributed by atoms with Crippen LogP contribution in [-0.4, -0.2) is 70.4 Å². The van der Waals surface area contributed by atoms with E-state index in [1.807, 2.05) is 51.1 Å². The molecule has 42 heavy (non-hydrogen) atoms. The monoisotopic (exact) mass is 590 g/mol. The van der Waals surface area contributed by atoms with Gasteiger partial charge in [0, 0.05) is 17.4 Å². The van der Waals surface area contributed by atoms with Crippen LogP contribution in [0.2, 0.25) is 0 Å². The molecule has 2 aromatic rings. The van der Waals surface area contributed by atoms with Crippen LogP contribution in [0.1, 0.15) is 59.6 Å². The van der Waals surface area contributed by atoms with Crippen molar-refractivity contribution < 1.29 is 38.2 Å². The zero-order chi connectivity index (χ0) is 31.2. The number of nitrogens with zero attached hydrogens (tertiary/aromatic N) is 2. The number of amides is 1. The molecule has 2 unspecified atom stereocenters. The lowest BCUT2D eigenvalue weighted by atomic mass is 9.94. The number of nitro groups is 1. The summed E-state index contributed by atoms with van der Waals surface area (Å²) in [6.45, 7) is 13.1. The van der Waals surface area contributed by atoms with Gasteiger partial charge >= 0.3 is 6.09 Å². The number of ether oxygens (including phenoxy) is 4. The lowest BCUT2D eigenvalue weighted by Crippen LogP contribution is -2.65. The zero-order valence-electron chi connectivity index (χ0n) is 25.4. The molecule has 1 N–H and O–H groups in total. The van der Waals surface area contributed by atoms with Gasteiger partial charge in [0.25, 0.3) is 0 Å². The van der Waals surface area contributed by atoms with Crippen molar-refractivity contribution in [1.29, 1.82) is 0 Å². The van der Waals surface area contributed by atoms with Crippen LogP contribution in [0.25, 0.3) is 0 Å². The number of halogens is 1. The van der Waals surface area contributed by atoms with E-state index >= 15 is 0 Å². The van der Waals surface area contributed by atoms with Gasteiger partial charge in [-0.15, -0.1) is 0 Å². The van der Waals surface area contributed by atoms with Crippen LogP contribution in [0.15, 0.2) is 48.5 Å². The van der Waals surface area contributed by atoms with Crippen LogP contribution in [0.5, 0.6) is 5.75 Å². The first-order valence-electron chi connectivity index (χ1n) is 14.1. The SMILES string of the molecule is C[C@H]1[C@H](OCC(C)(C)C)OC[C@H](C(O)C(Cc2cc(F)cc(OCc3ccccc3)c2)[N+](=O)[O-])N1C(=O)OC(C)(C)C. The van der Waals surface area contributed by atoms with Gasteiger partial charge in [-0.2, -0.15) is 0 Å². The van der Waals surface area contributed by atoms with E-state index in [4.69, 9.17) is 18.9 Å². The Balaban J connectivity index is 1.83. The Morgan fingerprint density at radius 2 is 1.81 bits per heavy atom. The molecule has 0 saturated carbocycles. The van der Waals surface area contributed by atoms with E-state index in [1.54, 1.807) is 27.7 Å². The van der Waals surface area contributed by atoms with Gasteiger partial charge in [-0.25, -0.2) is 9.18 Å². The second-order valence-corrected chi connectivity index (χ2v) is 12.9. The lowest BCUT2D eigenvalue weighted by molar-refractivity contribution is -0.536. The number of hydrogen-bond acceptors (Lipinski definition) is 8. The Kier molecular flexibility index (Phi) is 10.9. The molecule has 0 aliphatic carbocycles.